The van der Waals surface area contributed by atoms with Crippen molar-refractivity contribution in [3.63, 3.8) is 0 Å². The van der Waals surface area contributed by atoms with E-state index in [4.69, 9.17) is 0 Å². The van der Waals surface area contributed by atoms with E-state index in [1.807, 2.05) is 30.3 Å². The van der Waals surface area contributed by atoms with Crippen LogP contribution in [0.2, 0.25) is 0 Å². The highest BCUT2D eigenvalue weighted by molar-refractivity contribution is 8.00. The molecule has 1 heterocycles. The Kier molecular flexibility index (Phi) is 4.12. The normalized spacial score (nSPS) is 13.3. The average Bonchev–Trinajstić information content (AvgIpc) is 2.67. The van der Waals surface area contributed by atoms with Gasteiger partial charge in [-0.2, -0.15) is 0 Å². The van der Waals surface area contributed by atoms with Crippen molar-refractivity contribution in [2.24, 2.45) is 0 Å². The highest BCUT2D eigenvalue weighted by Crippen LogP contribution is 2.36. The molecule has 130 valence electrons. The Morgan fingerprint density at radius 3 is 2.54 bits per heavy atom. The van der Waals surface area contributed by atoms with Gasteiger partial charge in [-0.15, -0.1) is 11.8 Å². The van der Waals surface area contributed by atoms with Crippen LogP contribution in [-0.2, 0) is 11.2 Å². The van der Waals surface area contributed by atoms with Crippen LogP contribution in [0.3, 0.4) is 0 Å². The van der Waals surface area contributed by atoms with Crippen molar-refractivity contribution in [3.8, 4) is 11.1 Å². The number of amides is 1. The molecule has 3 aromatic rings. The Morgan fingerprint density at radius 1 is 1.04 bits per heavy atom. The maximum atomic E-state index is 12.2. The Balaban J connectivity index is 1.68. The molecule has 0 atom stereocenters. The zero-order valence-corrected chi connectivity index (χ0v) is 14.9. The first kappa shape index (κ1) is 16.6. The quantitative estimate of drug-likeness (QED) is 0.695. The average molecular weight is 364 g/mol. The third kappa shape index (κ3) is 2.82. The first-order valence-corrected chi connectivity index (χ1v) is 9.31. The molecule has 0 bridgehead atoms. The Hall–Kier alpha value is -2.86. The van der Waals surface area contributed by atoms with Crippen molar-refractivity contribution >= 4 is 34.7 Å². The van der Waals surface area contributed by atoms with E-state index in [0.29, 0.717) is 22.6 Å². The summed E-state index contributed by atoms with van der Waals surface area (Å²) < 4.78 is 0. The molecule has 0 aliphatic carbocycles. The van der Waals surface area contributed by atoms with Crippen LogP contribution in [-0.4, -0.2) is 11.7 Å². The lowest BCUT2D eigenvalue weighted by Gasteiger charge is -2.19. The van der Waals surface area contributed by atoms with Crippen LogP contribution >= 0.6 is 11.8 Å². The molecule has 0 aromatic heterocycles. The van der Waals surface area contributed by atoms with Gasteiger partial charge in [-0.3, -0.25) is 14.4 Å². The van der Waals surface area contributed by atoms with E-state index in [1.165, 1.54) is 17.3 Å². The van der Waals surface area contributed by atoms with E-state index in [0.717, 1.165) is 22.7 Å². The van der Waals surface area contributed by atoms with Crippen molar-refractivity contribution in [2.75, 3.05) is 16.4 Å². The monoisotopic (exact) mass is 364 g/mol. The molecular formula is C20H16N2O3S. The summed E-state index contributed by atoms with van der Waals surface area (Å²) in [5.41, 5.74) is 3.13. The lowest BCUT2D eigenvalue weighted by molar-refractivity contribution is -0.113. The molecule has 26 heavy (non-hydrogen) atoms. The predicted molar refractivity (Wildman–Crippen MR) is 105 cm³/mol. The zero-order chi connectivity index (χ0) is 18.3. The number of carbonyl (C=O) groups is 1. The number of nitrogens with one attached hydrogen (secondary N) is 2. The van der Waals surface area contributed by atoms with Gasteiger partial charge in [0.15, 0.2) is 0 Å². The van der Waals surface area contributed by atoms with Crippen LogP contribution in [0.15, 0.2) is 56.9 Å². The smallest absolute Gasteiger partial charge is 0.250 e. The third-order valence-electron chi connectivity index (χ3n) is 4.45. The maximum absolute atomic E-state index is 12.2. The van der Waals surface area contributed by atoms with Crippen LogP contribution in [0.5, 0.6) is 0 Å². The van der Waals surface area contributed by atoms with Gasteiger partial charge in [-0.05, 0) is 41.8 Å². The van der Waals surface area contributed by atoms with Gasteiger partial charge < -0.3 is 10.6 Å². The largest absolute Gasteiger partial charge is 0.352 e. The number of anilines is 3. The second kappa shape index (κ2) is 6.46. The number of fused-ring (bicyclic) bond motifs is 1. The third-order valence-corrected chi connectivity index (χ3v) is 5.50. The fourth-order valence-corrected chi connectivity index (χ4v) is 3.83. The molecule has 2 N–H and O–H groups in total. The number of thioether (sulfide) groups is 1. The molecule has 3 aromatic carbocycles. The summed E-state index contributed by atoms with van der Waals surface area (Å²) >= 11 is 1.42. The number of rotatable bonds is 4. The minimum Gasteiger partial charge on any atom is -0.352 e. The van der Waals surface area contributed by atoms with E-state index in [1.54, 1.807) is 12.1 Å². The number of hydrogen-bond donors (Lipinski definition) is 2. The second-order valence-corrected chi connectivity index (χ2v) is 7.15. The van der Waals surface area contributed by atoms with Gasteiger partial charge in [0, 0.05) is 10.6 Å². The fraction of sp³-hybridized carbons (Fsp3) is 0.150. The van der Waals surface area contributed by atoms with E-state index >= 15 is 0 Å². The van der Waals surface area contributed by atoms with Gasteiger partial charge >= 0.3 is 0 Å². The molecule has 4 rings (SSSR count). The molecule has 1 aliphatic rings. The van der Waals surface area contributed by atoms with Gasteiger partial charge in [-0.25, -0.2) is 0 Å². The van der Waals surface area contributed by atoms with Crippen molar-refractivity contribution in [1.82, 2.24) is 0 Å². The van der Waals surface area contributed by atoms with Gasteiger partial charge in [0.25, 0.3) is 5.43 Å². The van der Waals surface area contributed by atoms with E-state index < -0.39 is 10.9 Å². The summed E-state index contributed by atoms with van der Waals surface area (Å²) in [6.45, 7) is 2.08. The Morgan fingerprint density at radius 2 is 1.81 bits per heavy atom. The van der Waals surface area contributed by atoms with Crippen LogP contribution in [0.25, 0.3) is 11.1 Å². The number of benzene rings is 2. The van der Waals surface area contributed by atoms with E-state index in [-0.39, 0.29) is 5.91 Å². The first-order valence-electron chi connectivity index (χ1n) is 8.33. The summed E-state index contributed by atoms with van der Waals surface area (Å²) in [5.74, 6) is 0.305. The predicted octanol–water partition coefficient (Wildman–Crippen LogP) is 3.30. The van der Waals surface area contributed by atoms with Gasteiger partial charge in [0.05, 0.1) is 17.0 Å². The lowest BCUT2D eigenvalue weighted by Crippen LogP contribution is -2.35. The molecule has 1 aliphatic heterocycles. The Labute approximate surface area is 154 Å². The summed E-state index contributed by atoms with van der Waals surface area (Å²) in [6, 6.07) is 13.2. The molecule has 5 nitrogen and oxygen atoms in total. The molecule has 0 fully saturated rings. The minimum atomic E-state index is -0.502. The molecule has 0 spiro atoms. The standard InChI is InChI=1S/C20H16N2O3S/c1-2-11-3-6-13(7-4-11)21-18-17(19(24)20(18)25)12-5-8-14-15(9-12)26-10-16(23)22-14/h3-9,21H,2,10H2,1H3,(H,22,23). The fourth-order valence-electron chi connectivity index (χ4n) is 2.98. The highest BCUT2D eigenvalue weighted by atomic mass is 32.2. The van der Waals surface area contributed by atoms with E-state index in [2.05, 4.69) is 17.6 Å². The number of hydrogen-bond acceptors (Lipinski definition) is 5. The number of aryl methyl sites for hydroxylation is 1. The van der Waals surface area contributed by atoms with Crippen LogP contribution in [0.4, 0.5) is 17.1 Å². The van der Waals surface area contributed by atoms with Crippen molar-refractivity contribution < 1.29 is 4.79 Å². The lowest BCUT2D eigenvalue weighted by atomic mass is 9.98. The molecule has 0 saturated heterocycles. The summed E-state index contributed by atoms with van der Waals surface area (Å²) in [6.07, 6.45) is 0.939. The summed E-state index contributed by atoms with van der Waals surface area (Å²) in [7, 11) is 0. The zero-order valence-electron chi connectivity index (χ0n) is 14.1. The van der Waals surface area contributed by atoms with Crippen LogP contribution in [0.1, 0.15) is 12.5 Å². The maximum Gasteiger partial charge on any atom is 0.250 e. The van der Waals surface area contributed by atoms with Gasteiger partial charge in [0.1, 0.15) is 5.69 Å². The van der Waals surface area contributed by atoms with Crippen molar-refractivity contribution in [3.05, 3.63) is 68.5 Å². The molecule has 0 unspecified atom stereocenters. The molecule has 0 saturated carbocycles. The summed E-state index contributed by atoms with van der Waals surface area (Å²) in [4.78, 5) is 36.6. The summed E-state index contributed by atoms with van der Waals surface area (Å²) in [5, 5.41) is 5.88. The highest BCUT2D eigenvalue weighted by Gasteiger charge is 2.24. The molecule has 6 heteroatoms. The van der Waals surface area contributed by atoms with Gasteiger partial charge in [-0.1, -0.05) is 25.1 Å². The first-order chi connectivity index (χ1) is 12.6. The minimum absolute atomic E-state index is 0.0396. The van der Waals surface area contributed by atoms with Crippen LogP contribution in [0, 0.1) is 0 Å². The topological polar surface area (TPSA) is 75.3 Å². The van der Waals surface area contributed by atoms with Crippen LogP contribution < -0.4 is 21.5 Å². The number of carbonyl (C=O) groups excluding carboxylic acids is 1. The van der Waals surface area contributed by atoms with Gasteiger partial charge in [0.2, 0.25) is 11.3 Å². The molecule has 0 radical (unpaired) electrons. The molecule has 1 amide bonds. The molecular weight excluding hydrogens is 348 g/mol. The van der Waals surface area contributed by atoms with Crippen molar-refractivity contribution in [2.45, 2.75) is 18.2 Å². The Bertz CT molecular complexity index is 1080. The second-order valence-electron chi connectivity index (χ2n) is 6.13. The van der Waals surface area contributed by atoms with E-state index in [9.17, 15) is 14.4 Å². The SMILES string of the molecule is CCc1ccc(Nc2c(-c3ccc4c(c3)SCC(=O)N4)c(=O)c2=O)cc1. The van der Waals surface area contributed by atoms with Crippen molar-refractivity contribution in [1.29, 1.82) is 0 Å².